The monoisotopic (exact) mass is 279 g/mol. The average molecular weight is 280 g/mol. The third-order valence-electron chi connectivity index (χ3n) is 3.05. The number of aliphatic hydroxyl groups is 1. The first-order chi connectivity index (χ1) is 8.97. The molecule has 1 atom stereocenters. The van der Waals surface area contributed by atoms with Crippen LogP contribution in [0.25, 0.3) is 0 Å². The Morgan fingerprint density at radius 2 is 2.00 bits per heavy atom. The summed E-state index contributed by atoms with van der Waals surface area (Å²) >= 11 is 5.96. The van der Waals surface area contributed by atoms with E-state index in [1.165, 1.54) is 12.1 Å². The van der Waals surface area contributed by atoms with Gasteiger partial charge in [-0.1, -0.05) is 23.7 Å². The number of pyridine rings is 1. The lowest BCUT2D eigenvalue weighted by Crippen LogP contribution is -2.06. The van der Waals surface area contributed by atoms with Crippen molar-refractivity contribution in [2.24, 2.45) is 0 Å². The van der Waals surface area contributed by atoms with Crippen molar-refractivity contribution >= 4 is 11.6 Å². The van der Waals surface area contributed by atoms with Crippen LogP contribution in [-0.4, -0.2) is 10.1 Å². The Morgan fingerprint density at radius 3 is 2.63 bits per heavy atom. The van der Waals surface area contributed by atoms with Gasteiger partial charge >= 0.3 is 0 Å². The van der Waals surface area contributed by atoms with Gasteiger partial charge in [0.25, 0.3) is 0 Å². The minimum absolute atomic E-state index is 0.330. The lowest BCUT2D eigenvalue weighted by atomic mass is 10.00. The first-order valence-corrected chi connectivity index (χ1v) is 6.41. The molecule has 0 fully saturated rings. The summed E-state index contributed by atoms with van der Waals surface area (Å²) in [5, 5.41) is 10.6. The zero-order chi connectivity index (χ0) is 14.0. The van der Waals surface area contributed by atoms with E-state index in [4.69, 9.17) is 11.6 Å². The van der Waals surface area contributed by atoms with E-state index in [-0.39, 0.29) is 5.82 Å². The van der Waals surface area contributed by atoms with E-state index in [0.717, 1.165) is 22.5 Å². The number of hydrogen-bond acceptors (Lipinski definition) is 2. The molecule has 1 unspecified atom stereocenters. The molecular weight excluding hydrogens is 265 g/mol. The summed E-state index contributed by atoms with van der Waals surface area (Å²) in [5.41, 5.74) is 3.19. The van der Waals surface area contributed by atoms with Crippen molar-refractivity contribution in [1.29, 1.82) is 0 Å². The van der Waals surface area contributed by atoms with Crippen molar-refractivity contribution in [3.05, 3.63) is 63.7 Å². The highest BCUT2D eigenvalue weighted by Crippen LogP contribution is 2.25. The Balaban J connectivity index is 2.23. The molecule has 19 heavy (non-hydrogen) atoms. The molecule has 0 amide bonds. The zero-order valence-electron chi connectivity index (χ0n) is 10.8. The molecule has 1 aromatic carbocycles. The van der Waals surface area contributed by atoms with Gasteiger partial charge in [-0.3, -0.25) is 4.98 Å². The molecule has 0 aliphatic rings. The van der Waals surface area contributed by atoms with E-state index in [2.05, 4.69) is 4.98 Å². The summed E-state index contributed by atoms with van der Waals surface area (Å²) in [6, 6.07) is 7.91. The molecule has 1 N–H and O–H groups in total. The summed E-state index contributed by atoms with van der Waals surface area (Å²) in [6.45, 7) is 3.76. The molecule has 1 aromatic heterocycles. The molecule has 0 aliphatic carbocycles. The summed E-state index contributed by atoms with van der Waals surface area (Å²) in [5.74, 6) is -0.378. The molecule has 1 heterocycles. The maximum Gasteiger partial charge on any atom is 0.124 e. The second-order valence-corrected chi connectivity index (χ2v) is 4.99. The van der Waals surface area contributed by atoms with E-state index in [9.17, 15) is 9.50 Å². The largest absolute Gasteiger partial charge is 0.388 e. The molecule has 0 spiro atoms. The van der Waals surface area contributed by atoms with Crippen LogP contribution in [-0.2, 0) is 6.42 Å². The molecule has 0 saturated carbocycles. The lowest BCUT2D eigenvalue weighted by Gasteiger charge is -2.14. The highest BCUT2D eigenvalue weighted by atomic mass is 35.5. The Morgan fingerprint density at radius 1 is 1.26 bits per heavy atom. The van der Waals surface area contributed by atoms with Crippen LogP contribution in [0.2, 0.25) is 5.02 Å². The van der Waals surface area contributed by atoms with Crippen molar-refractivity contribution in [3.63, 3.8) is 0 Å². The van der Waals surface area contributed by atoms with Crippen molar-refractivity contribution in [2.45, 2.75) is 26.4 Å². The SMILES string of the molecule is Cc1ccc(C(O)Cc2ccc(F)cc2Cl)c(C)n1. The van der Waals surface area contributed by atoms with E-state index in [1.54, 1.807) is 6.07 Å². The highest BCUT2D eigenvalue weighted by molar-refractivity contribution is 6.31. The van der Waals surface area contributed by atoms with Gasteiger partial charge < -0.3 is 5.11 Å². The fraction of sp³-hybridized carbons (Fsp3) is 0.267. The molecule has 100 valence electrons. The van der Waals surface area contributed by atoms with Crippen LogP contribution in [0.3, 0.4) is 0 Å². The Labute approximate surface area is 116 Å². The minimum Gasteiger partial charge on any atom is -0.388 e. The van der Waals surface area contributed by atoms with Crippen molar-refractivity contribution < 1.29 is 9.50 Å². The van der Waals surface area contributed by atoms with Gasteiger partial charge in [-0.2, -0.15) is 0 Å². The number of hydrogen-bond donors (Lipinski definition) is 1. The lowest BCUT2D eigenvalue weighted by molar-refractivity contribution is 0.177. The van der Waals surface area contributed by atoms with Crippen LogP contribution in [0.1, 0.15) is 28.6 Å². The third-order valence-corrected chi connectivity index (χ3v) is 3.41. The Bertz CT molecular complexity index is 601. The van der Waals surface area contributed by atoms with Gasteiger partial charge in [0.1, 0.15) is 5.82 Å². The fourth-order valence-electron chi connectivity index (χ4n) is 2.06. The van der Waals surface area contributed by atoms with Gasteiger partial charge in [0.2, 0.25) is 0 Å². The van der Waals surface area contributed by atoms with Gasteiger partial charge in [-0.05, 0) is 37.6 Å². The normalized spacial score (nSPS) is 12.5. The van der Waals surface area contributed by atoms with Crippen LogP contribution in [0.5, 0.6) is 0 Å². The first-order valence-electron chi connectivity index (χ1n) is 6.03. The highest BCUT2D eigenvalue weighted by Gasteiger charge is 2.14. The predicted molar refractivity (Wildman–Crippen MR) is 73.8 cm³/mol. The van der Waals surface area contributed by atoms with E-state index < -0.39 is 6.10 Å². The van der Waals surface area contributed by atoms with Crippen LogP contribution in [0, 0.1) is 19.7 Å². The maximum atomic E-state index is 13.0. The average Bonchev–Trinajstić information content (AvgIpc) is 2.32. The standard InChI is InChI=1S/C15H15ClFNO/c1-9-3-6-13(10(2)18-9)15(19)7-11-4-5-12(17)8-14(11)16/h3-6,8,15,19H,7H2,1-2H3. The summed E-state index contributed by atoms with van der Waals surface area (Å²) < 4.78 is 13.0. The Kier molecular flexibility index (Phi) is 4.17. The maximum absolute atomic E-state index is 13.0. The smallest absolute Gasteiger partial charge is 0.124 e. The molecule has 0 saturated heterocycles. The number of rotatable bonds is 3. The number of benzene rings is 1. The fourth-order valence-corrected chi connectivity index (χ4v) is 2.30. The quantitative estimate of drug-likeness (QED) is 0.928. The number of nitrogens with zero attached hydrogens (tertiary/aromatic N) is 1. The Hall–Kier alpha value is -1.45. The third kappa shape index (κ3) is 3.31. The van der Waals surface area contributed by atoms with Crippen LogP contribution >= 0.6 is 11.6 Å². The van der Waals surface area contributed by atoms with Gasteiger partial charge in [0.15, 0.2) is 0 Å². The van der Waals surface area contributed by atoms with Crippen LogP contribution in [0.4, 0.5) is 4.39 Å². The van der Waals surface area contributed by atoms with Gasteiger partial charge in [0, 0.05) is 28.4 Å². The second kappa shape index (κ2) is 5.68. The number of aliphatic hydroxyl groups excluding tert-OH is 1. The summed E-state index contributed by atoms with van der Waals surface area (Å²) in [6.07, 6.45) is -0.360. The van der Waals surface area contributed by atoms with Gasteiger partial charge in [-0.15, -0.1) is 0 Å². The second-order valence-electron chi connectivity index (χ2n) is 4.58. The van der Waals surface area contributed by atoms with Crippen LogP contribution < -0.4 is 0 Å². The molecule has 2 rings (SSSR count). The molecule has 0 aliphatic heterocycles. The summed E-state index contributed by atoms with van der Waals surface area (Å²) in [7, 11) is 0. The first kappa shape index (κ1) is 14.0. The molecular formula is C15H15ClFNO. The van der Waals surface area contributed by atoms with Crippen molar-refractivity contribution in [2.75, 3.05) is 0 Å². The molecule has 4 heteroatoms. The van der Waals surface area contributed by atoms with Gasteiger partial charge in [0.05, 0.1) is 6.10 Å². The van der Waals surface area contributed by atoms with Gasteiger partial charge in [-0.25, -0.2) is 4.39 Å². The minimum atomic E-state index is -0.698. The molecule has 0 bridgehead atoms. The summed E-state index contributed by atoms with van der Waals surface area (Å²) in [4.78, 5) is 4.32. The van der Waals surface area contributed by atoms with E-state index in [0.29, 0.717) is 11.4 Å². The zero-order valence-corrected chi connectivity index (χ0v) is 11.6. The molecule has 2 nitrogen and oxygen atoms in total. The van der Waals surface area contributed by atoms with Crippen molar-refractivity contribution in [1.82, 2.24) is 4.98 Å². The molecule has 0 radical (unpaired) electrons. The number of halogens is 2. The van der Waals surface area contributed by atoms with E-state index in [1.807, 2.05) is 26.0 Å². The number of aryl methyl sites for hydroxylation is 2. The molecule has 2 aromatic rings. The number of aromatic nitrogens is 1. The van der Waals surface area contributed by atoms with Crippen LogP contribution in [0.15, 0.2) is 30.3 Å². The predicted octanol–water partition coefficient (Wildman–Crippen LogP) is 3.77. The van der Waals surface area contributed by atoms with E-state index >= 15 is 0 Å². The van der Waals surface area contributed by atoms with Crippen molar-refractivity contribution in [3.8, 4) is 0 Å². The topological polar surface area (TPSA) is 33.1 Å².